The SMILES string of the molecule is CC[C@@H](NC(=O)CNC(=S)Nc1cc(C)cc(C(F)(F)F)c1)c1ccccc1. The Morgan fingerprint density at radius 2 is 1.82 bits per heavy atom. The van der Waals surface area contributed by atoms with Crippen LogP contribution in [0.25, 0.3) is 0 Å². The molecule has 0 saturated heterocycles. The number of nitrogens with one attached hydrogen (secondary N) is 3. The lowest BCUT2D eigenvalue weighted by molar-refractivity contribution is -0.137. The summed E-state index contributed by atoms with van der Waals surface area (Å²) in [5, 5.41) is 8.38. The van der Waals surface area contributed by atoms with Crippen molar-refractivity contribution in [2.24, 2.45) is 0 Å². The first-order valence-corrected chi connectivity index (χ1v) is 9.18. The average molecular weight is 409 g/mol. The summed E-state index contributed by atoms with van der Waals surface area (Å²) in [6, 6.07) is 13.0. The molecule has 8 heteroatoms. The van der Waals surface area contributed by atoms with E-state index in [1.807, 2.05) is 37.3 Å². The first kappa shape index (κ1) is 21.7. The summed E-state index contributed by atoms with van der Waals surface area (Å²) in [5.41, 5.74) is 0.898. The largest absolute Gasteiger partial charge is 0.416 e. The number of halogens is 3. The van der Waals surface area contributed by atoms with E-state index in [0.29, 0.717) is 5.56 Å². The molecule has 150 valence electrons. The molecule has 0 aliphatic rings. The Hall–Kier alpha value is -2.61. The number of thiocarbonyl (C=S) groups is 1. The van der Waals surface area contributed by atoms with Gasteiger partial charge in [-0.1, -0.05) is 37.3 Å². The third kappa shape index (κ3) is 6.53. The van der Waals surface area contributed by atoms with E-state index in [1.165, 1.54) is 0 Å². The van der Waals surface area contributed by atoms with Gasteiger partial charge in [0.05, 0.1) is 18.2 Å². The fraction of sp³-hybridized carbons (Fsp3) is 0.300. The van der Waals surface area contributed by atoms with Crippen LogP contribution in [0.2, 0.25) is 0 Å². The molecule has 0 spiro atoms. The number of amides is 1. The smallest absolute Gasteiger partial charge is 0.353 e. The third-order valence-corrected chi connectivity index (χ3v) is 4.26. The third-order valence-electron chi connectivity index (χ3n) is 4.02. The fourth-order valence-electron chi connectivity index (χ4n) is 2.71. The molecule has 0 aliphatic carbocycles. The van der Waals surface area contributed by atoms with Crippen LogP contribution in [0.15, 0.2) is 48.5 Å². The van der Waals surface area contributed by atoms with Gasteiger partial charge in [0.2, 0.25) is 5.91 Å². The van der Waals surface area contributed by atoms with Gasteiger partial charge in [0, 0.05) is 5.69 Å². The second kappa shape index (κ2) is 9.54. The summed E-state index contributed by atoms with van der Waals surface area (Å²) in [6.07, 6.45) is -3.72. The number of hydrogen-bond donors (Lipinski definition) is 3. The lowest BCUT2D eigenvalue weighted by Crippen LogP contribution is -2.40. The number of rotatable bonds is 6. The maximum atomic E-state index is 12.9. The number of hydrogen-bond acceptors (Lipinski definition) is 2. The Balaban J connectivity index is 1.90. The molecule has 2 rings (SSSR count). The molecule has 0 saturated carbocycles. The van der Waals surface area contributed by atoms with Crippen LogP contribution in [0.4, 0.5) is 18.9 Å². The van der Waals surface area contributed by atoms with Crippen LogP contribution in [0.1, 0.15) is 36.1 Å². The van der Waals surface area contributed by atoms with E-state index in [4.69, 9.17) is 12.2 Å². The standard InChI is InChI=1S/C20H22F3N3OS/c1-3-17(14-7-5-4-6-8-14)26-18(27)12-24-19(28)25-16-10-13(2)9-15(11-16)20(21,22)23/h4-11,17H,3,12H2,1-2H3,(H,26,27)(H2,24,25,28)/t17-/m1/s1. The monoisotopic (exact) mass is 409 g/mol. The van der Waals surface area contributed by atoms with Gasteiger partial charge in [-0.05, 0) is 54.9 Å². The van der Waals surface area contributed by atoms with Crippen molar-refractivity contribution < 1.29 is 18.0 Å². The first-order valence-electron chi connectivity index (χ1n) is 8.77. The number of alkyl halides is 3. The predicted molar refractivity (Wildman–Crippen MR) is 108 cm³/mol. The van der Waals surface area contributed by atoms with Gasteiger partial charge in [0.1, 0.15) is 0 Å². The van der Waals surface area contributed by atoms with Crippen LogP contribution in [-0.2, 0) is 11.0 Å². The van der Waals surface area contributed by atoms with Crippen LogP contribution >= 0.6 is 12.2 Å². The number of benzene rings is 2. The molecule has 1 atom stereocenters. The summed E-state index contributed by atoms with van der Waals surface area (Å²) in [6.45, 7) is 3.44. The van der Waals surface area contributed by atoms with Crippen molar-refractivity contribution in [3.63, 3.8) is 0 Å². The molecule has 0 aliphatic heterocycles. The summed E-state index contributed by atoms with van der Waals surface area (Å²) in [4.78, 5) is 12.2. The van der Waals surface area contributed by atoms with E-state index >= 15 is 0 Å². The molecule has 0 bridgehead atoms. The zero-order valence-electron chi connectivity index (χ0n) is 15.6. The topological polar surface area (TPSA) is 53.2 Å². The van der Waals surface area contributed by atoms with Gasteiger partial charge in [0.15, 0.2) is 5.11 Å². The van der Waals surface area contributed by atoms with Crippen LogP contribution in [0.3, 0.4) is 0 Å². The Bertz CT molecular complexity index is 825. The van der Waals surface area contributed by atoms with Gasteiger partial charge in [-0.2, -0.15) is 13.2 Å². The van der Waals surface area contributed by atoms with Gasteiger partial charge in [-0.25, -0.2) is 0 Å². The van der Waals surface area contributed by atoms with Crippen molar-refractivity contribution in [3.05, 3.63) is 65.2 Å². The highest BCUT2D eigenvalue weighted by atomic mass is 32.1. The molecule has 0 aromatic heterocycles. The predicted octanol–water partition coefficient (Wildman–Crippen LogP) is 4.57. The van der Waals surface area contributed by atoms with Crippen molar-refractivity contribution >= 4 is 28.9 Å². The Morgan fingerprint density at radius 3 is 2.43 bits per heavy atom. The van der Waals surface area contributed by atoms with E-state index < -0.39 is 11.7 Å². The summed E-state index contributed by atoms with van der Waals surface area (Å²) in [5.74, 6) is -0.264. The molecule has 3 N–H and O–H groups in total. The molecule has 0 fully saturated rings. The highest BCUT2D eigenvalue weighted by Crippen LogP contribution is 2.31. The van der Waals surface area contributed by atoms with Crippen molar-refractivity contribution in [3.8, 4) is 0 Å². The molecule has 0 unspecified atom stereocenters. The van der Waals surface area contributed by atoms with Crippen molar-refractivity contribution in [1.82, 2.24) is 10.6 Å². The minimum absolute atomic E-state index is 0.0710. The molecule has 28 heavy (non-hydrogen) atoms. The second-order valence-corrected chi connectivity index (χ2v) is 6.74. The fourth-order valence-corrected chi connectivity index (χ4v) is 2.90. The average Bonchev–Trinajstić information content (AvgIpc) is 2.64. The normalized spacial score (nSPS) is 12.2. The van der Waals surface area contributed by atoms with Gasteiger partial charge < -0.3 is 16.0 Å². The molecule has 0 radical (unpaired) electrons. The number of carbonyl (C=O) groups excluding carboxylic acids is 1. The second-order valence-electron chi connectivity index (χ2n) is 6.33. The summed E-state index contributed by atoms with van der Waals surface area (Å²) >= 11 is 5.09. The van der Waals surface area contributed by atoms with Crippen molar-refractivity contribution in [2.75, 3.05) is 11.9 Å². The number of aryl methyl sites for hydroxylation is 1. The highest BCUT2D eigenvalue weighted by molar-refractivity contribution is 7.80. The van der Waals surface area contributed by atoms with E-state index in [1.54, 1.807) is 13.0 Å². The lowest BCUT2D eigenvalue weighted by atomic mass is 10.0. The van der Waals surface area contributed by atoms with Crippen LogP contribution in [-0.4, -0.2) is 17.6 Å². The maximum Gasteiger partial charge on any atom is 0.416 e. The summed E-state index contributed by atoms with van der Waals surface area (Å²) in [7, 11) is 0. The molecular formula is C20H22F3N3OS. The van der Waals surface area contributed by atoms with Crippen molar-refractivity contribution in [2.45, 2.75) is 32.5 Å². The van der Waals surface area contributed by atoms with Gasteiger partial charge in [0.25, 0.3) is 0 Å². The molecular weight excluding hydrogens is 387 g/mol. The molecule has 2 aromatic rings. The zero-order chi connectivity index (χ0) is 20.7. The molecule has 4 nitrogen and oxygen atoms in total. The maximum absolute atomic E-state index is 12.9. The lowest BCUT2D eigenvalue weighted by Gasteiger charge is -2.18. The van der Waals surface area contributed by atoms with E-state index in [2.05, 4.69) is 16.0 Å². The highest BCUT2D eigenvalue weighted by Gasteiger charge is 2.31. The number of carbonyl (C=O) groups is 1. The van der Waals surface area contributed by atoms with Crippen LogP contribution in [0.5, 0.6) is 0 Å². The number of anilines is 1. The Morgan fingerprint density at radius 1 is 1.14 bits per heavy atom. The summed E-state index contributed by atoms with van der Waals surface area (Å²) < 4.78 is 38.7. The molecule has 1 amide bonds. The Kier molecular flexibility index (Phi) is 7.39. The molecule has 0 heterocycles. The van der Waals surface area contributed by atoms with Gasteiger partial charge >= 0.3 is 6.18 Å². The van der Waals surface area contributed by atoms with E-state index in [0.717, 1.165) is 24.1 Å². The van der Waals surface area contributed by atoms with E-state index in [-0.39, 0.29) is 29.3 Å². The minimum Gasteiger partial charge on any atom is -0.353 e. The quantitative estimate of drug-likeness (QED) is 0.612. The minimum atomic E-state index is -4.44. The first-order chi connectivity index (χ1) is 13.2. The van der Waals surface area contributed by atoms with Crippen LogP contribution in [0, 0.1) is 6.92 Å². The van der Waals surface area contributed by atoms with Gasteiger partial charge in [-0.15, -0.1) is 0 Å². The van der Waals surface area contributed by atoms with E-state index in [9.17, 15) is 18.0 Å². The zero-order valence-corrected chi connectivity index (χ0v) is 16.4. The van der Waals surface area contributed by atoms with Crippen molar-refractivity contribution in [1.29, 1.82) is 0 Å². The van der Waals surface area contributed by atoms with Gasteiger partial charge in [-0.3, -0.25) is 4.79 Å². The van der Waals surface area contributed by atoms with Crippen LogP contribution < -0.4 is 16.0 Å². The Labute approximate surface area is 167 Å². The molecule has 2 aromatic carbocycles.